The molecule has 28 heavy (non-hydrogen) atoms. The van der Waals surface area contributed by atoms with Crippen molar-refractivity contribution >= 4 is 5.91 Å². The monoisotopic (exact) mass is 385 g/mol. The van der Waals surface area contributed by atoms with Crippen LogP contribution in [0.4, 0.5) is 8.78 Å². The van der Waals surface area contributed by atoms with Crippen LogP contribution in [0.1, 0.15) is 27.3 Å². The third kappa shape index (κ3) is 4.22. The average Bonchev–Trinajstić information content (AvgIpc) is 2.62. The third-order valence-corrected chi connectivity index (χ3v) is 3.97. The van der Waals surface area contributed by atoms with Gasteiger partial charge in [-0.25, -0.2) is 13.8 Å². The van der Waals surface area contributed by atoms with Crippen molar-refractivity contribution in [2.45, 2.75) is 20.4 Å². The number of benzene rings is 1. The van der Waals surface area contributed by atoms with Crippen molar-refractivity contribution in [2.75, 3.05) is 0 Å². The van der Waals surface area contributed by atoms with E-state index in [9.17, 15) is 18.4 Å². The molecule has 0 bridgehead atoms. The number of pyridine rings is 2. The standard InChI is InChI=1S/C20H17F2N3O3/c1-11-8-16(26)18(12(2)25-11)19(27)24-10-13-4-3-7-23-20(13)28-17-6-5-14(21)9-15(17)22/h3-9H,10H2,1-2H3,(H,24,27)(H,25,26). The lowest BCUT2D eigenvalue weighted by Crippen LogP contribution is -2.30. The molecule has 6 nitrogen and oxygen atoms in total. The second-order valence-electron chi connectivity index (χ2n) is 6.14. The molecule has 0 saturated heterocycles. The van der Waals surface area contributed by atoms with E-state index in [2.05, 4.69) is 15.3 Å². The van der Waals surface area contributed by atoms with Crippen molar-refractivity contribution in [3.05, 3.63) is 87.0 Å². The van der Waals surface area contributed by atoms with E-state index in [1.807, 2.05) is 0 Å². The minimum Gasteiger partial charge on any atom is -0.436 e. The molecule has 0 atom stereocenters. The molecule has 3 aromatic rings. The van der Waals surface area contributed by atoms with Crippen molar-refractivity contribution in [1.82, 2.24) is 15.3 Å². The van der Waals surface area contributed by atoms with Crippen LogP contribution in [-0.4, -0.2) is 15.9 Å². The summed E-state index contributed by atoms with van der Waals surface area (Å²) in [7, 11) is 0. The number of hydrogen-bond acceptors (Lipinski definition) is 4. The predicted molar refractivity (Wildman–Crippen MR) is 98.4 cm³/mol. The first kappa shape index (κ1) is 19.2. The normalized spacial score (nSPS) is 10.6. The Bertz CT molecular complexity index is 1100. The summed E-state index contributed by atoms with van der Waals surface area (Å²) in [4.78, 5) is 31.5. The Morgan fingerprint density at radius 3 is 2.71 bits per heavy atom. The minimum absolute atomic E-state index is 0.00240. The van der Waals surface area contributed by atoms with Gasteiger partial charge in [-0.3, -0.25) is 9.59 Å². The van der Waals surface area contributed by atoms with Gasteiger partial charge in [0.05, 0.1) is 0 Å². The molecule has 0 aliphatic heterocycles. The lowest BCUT2D eigenvalue weighted by molar-refractivity contribution is 0.0948. The Morgan fingerprint density at radius 1 is 1.21 bits per heavy atom. The van der Waals surface area contributed by atoms with E-state index in [0.29, 0.717) is 23.0 Å². The van der Waals surface area contributed by atoms with Crippen LogP contribution in [0.3, 0.4) is 0 Å². The fourth-order valence-electron chi connectivity index (χ4n) is 2.71. The van der Waals surface area contributed by atoms with Crippen molar-refractivity contribution in [1.29, 1.82) is 0 Å². The summed E-state index contributed by atoms with van der Waals surface area (Å²) >= 11 is 0. The lowest BCUT2D eigenvalue weighted by Gasteiger charge is -2.12. The molecule has 144 valence electrons. The SMILES string of the molecule is Cc1cc(=O)c(C(=O)NCc2cccnc2Oc2ccc(F)cc2F)c(C)[nH]1. The molecule has 0 radical (unpaired) electrons. The van der Waals surface area contributed by atoms with Gasteiger partial charge in [-0.05, 0) is 32.0 Å². The second-order valence-corrected chi connectivity index (χ2v) is 6.14. The van der Waals surface area contributed by atoms with Gasteiger partial charge in [0.15, 0.2) is 17.0 Å². The number of halogens is 2. The number of hydrogen-bond donors (Lipinski definition) is 2. The van der Waals surface area contributed by atoms with E-state index in [1.54, 1.807) is 26.0 Å². The highest BCUT2D eigenvalue weighted by Crippen LogP contribution is 2.26. The zero-order chi connectivity index (χ0) is 20.3. The predicted octanol–water partition coefficient (Wildman–Crippen LogP) is 3.39. The van der Waals surface area contributed by atoms with E-state index in [1.165, 1.54) is 12.3 Å². The molecule has 1 aromatic carbocycles. The number of aromatic amines is 1. The van der Waals surface area contributed by atoms with Crippen LogP contribution in [0.2, 0.25) is 0 Å². The number of aryl methyl sites for hydroxylation is 2. The summed E-state index contributed by atoms with van der Waals surface area (Å²) in [5.41, 5.74) is 1.20. The number of aromatic nitrogens is 2. The van der Waals surface area contributed by atoms with E-state index >= 15 is 0 Å². The first-order chi connectivity index (χ1) is 13.3. The van der Waals surface area contributed by atoms with Gasteiger partial charge in [0.25, 0.3) is 5.91 Å². The number of nitrogens with zero attached hydrogens (tertiary/aromatic N) is 1. The molecule has 0 aliphatic carbocycles. The maximum absolute atomic E-state index is 13.8. The van der Waals surface area contributed by atoms with Gasteiger partial charge in [0.1, 0.15) is 11.4 Å². The molecule has 2 heterocycles. The Kier molecular flexibility index (Phi) is 5.49. The number of ether oxygens (including phenoxy) is 1. The lowest BCUT2D eigenvalue weighted by atomic mass is 10.1. The Labute approximate surface area is 159 Å². The van der Waals surface area contributed by atoms with Gasteiger partial charge in [0, 0.05) is 41.8 Å². The molecule has 0 spiro atoms. The maximum atomic E-state index is 13.8. The molecule has 2 N–H and O–H groups in total. The highest BCUT2D eigenvalue weighted by molar-refractivity contribution is 5.95. The van der Waals surface area contributed by atoms with Crippen molar-refractivity contribution in [2.24, 2.45) is 0 Å². The van der Waals surface area contributed by atoms with Gasteiger partial charge < -0.3 is 15.0 Å². The molecular formula is C20H17F2N3O3. The van der Waals surface area contributed by atoms with Crippen LogP contribution in [0.5, 0.6) is 11.6 Å². The molecule has 0 saturated carbocycles. The minimum atomic E-state index is -0.873. The molecule has 1 amide bonds. The van der Waals surface area contributed by atoms with Gasteiger partial charge in [0.2, 0.25) is 5.88 Å². The average molecular weight is 385 g/mol. The highest BCUT2D eigenvalue weighted by Gasteiger charge is 2.16. The molecule has 0 fully saturated rings. The van der Waals surface area contributed by atoms with Crippen LogP contribution in [-0.2, 0) is 6.54 Å². The van der Waals surface area contributed by atoms with Crippen LogP contribution >= 0.6 is 0 Å². The molecule has 3 rings (SSSR count). The summed E-state index contributed by atoms with van der Waals surface area (Å²) in [5.74, 6) is -2.29. The number of H-pyrrole nitrogens is 1. The summed E-state index contributed by atoms with van der Waals surface area (Å²) in [5, 5.41) is 2.63. The zero-order valence-electron chi connectivity index (χ0n) is 15.2. The fourth-order valence-corrected chi connectivity index (χ4v) is 2.71. The molecular weight excluding hydrogens is 368 g/mol. The second kappa shape index (κ2) is 7.99. The highest BCUT2D eigenvalue weighted by atomic mass is 19.1. The fraction of sp³-hybridized carbons (Fsp3) is 0.150. The number of carbonyl (C=O) groups excluding carboxylic acids is 1. The molecule has 8 heteroatoms. The number of nitrogens with one attached hydrogen (secondary N) is 2. The van der Waals surface area contributed by atoms with Gasteiger partial charge in [-0.1, -0.05) is 6.07 Å². The van der Waals surface area contributed by atoms with Gasteiger partial charge in [-0.2, -0.15) is 0 Å². The van der Waals surface area contributed by atoms with E-state index in [4.69, 9.17) is 4.74 Å². The van der Waals surface area contributed by atoms with Crippen molar-refractivity contribution in [3.63, 3.8) is 0 Å². The van der Waals surface area contributed by atoms with E-state index in [-0.39, 0.29) is 29.2 Å². The summed E-state index contributed by atoms with van der Waals surface area (Å²) < 4.78 is 32.3. The number of rotatable bonds is 5. The van der Waals surface area contributed by atoms with Crippen LogP contribution in [0, 0.1) is 25.5 Å². The summed E-state index contributed by atoms with van der Waals surface area (Å²) in [6, 6.07) is 7.52. The van der Waals surface area contributed by atoms with Gasteiger partial charge in [-0.15, -0.1) is 0 Å². The maximum Gasteiger partial charge on any atom is 0.257 e. The van der Waals surface area contributed by atoms with Gasteiger partial charge >= 0.3 is 0 Å². The van der Waals surface area contributed by atoms with Crippen molar-refractivity contribution in [3.8, 4) is 11.6 Å². The smallest absolute Gasteiger partial charge is 0.257 e. The van der Waals surface area contributed by atoms with Crippen molar-refractivity contribution < 1.29 is 18.3 Å². The molecule has 2 aromatic heterocycles. The molecule has 0 aliphatic rings. The Hall–Kier alpha value is -3.55. The first-order valence-electron chi connectivity index (χ1n) is 8.40. The molecule has 0 unspecified atom stereocenters. The first-order valence-corrected chi connectivity index (χ1v) is 8.40. The summed E-state index contributed by atoms with van der Waals surface area (Å²) in [6.07, 6.45) is 1.44. The van der Waals surface area contributed by atoms with E-state index in [0.717, 1.165) is 12.1 Å². The Morgan fingerprint density at radius 2 is 2.00 bits per heavy atom. The Balaban J connectivity index is 1.79. The summed E-state index contributed by atoms with van der Waals surface area (Å²) in [6.45, 7) is 3.36. The largest absolute Gasteiger partial charge is 0.436 e. The van der Waals surface area contributed by atoms with E-state index < -0.39 is 17.5 Å². The number of carbonyl (C=O) groups is 1. The van der Waals surface area contributed by atoms with Crippen LogP contribution in [0.25, 0.3) is 0 Å². The third-order valence-electron chi connectivity index (χ3n) is 3.97. The quantitative estimate of drug-likeness (QED) is 0.705. The van der Waals surface area contributed by atoms with Crippen LogP contribution < -0.4 is 15.5 Å². The van der Waals surface area contributed by atoms with Crippen LogP contribution in [0.15, 0.2) is 47.4 Å². The number of amides is 1. The topological polar surface area (TPSA) is 84.1 Å². The zero-order valence-corrected chi connectivity index (χ0v) is 15.2.